The molecule has 0 radical (unpaired) electrons. The number of nitrogens with one attached hydrogen (secondary N) is 1. The zero-order valence-electron chi connectivity index (χ0n) is 17.2. The predicted octanol–water partition coefficient (Wildman–Crippen LogP) is 3.68. The molecule has 0 aliphatic carbocycles. The molecule has 0 bridgehead atoms. The molecule has 7 heteroatoms. The van der Waals surface area contributed by atoms with Crippen molar-refractivity contribution in [1.29, 1.82) is 0 Å². The summed E-state index contributed by atoms with van der Waals surface area (Å²) in [6, 6.07) is 15.4. The van der Waals surface area contributed by atoms with Gasteiger partial charge in [-0.3, -0.25) is 14.4 Å². The summed E-state index contributed by atoms with van der Waals surface area (Å²) in [5.41, 5.74) is 3.47. The molecule has 0 unspecified atom stereocenters. The number of Topliss-reactive ketones (excluding diaryl/α,β-unsaturated/α-hetero) is 1. The molecule has 0 fully saturated rings. The van der Waals surface area contributed by atoms with E-state index in [2.05, 4.69) is 9.88 Å². The van der Waals surface area contributed by atoms with E-state index in [1.807, 2.05) is 63.2 Å². The molecule has 0 aliphatic heterocycles. The molecule has 2 aromatic heterocycles. The maximum absolute atomic E-state index is 12.6. The minimum absolute atomic E-state index is 0.268. The molecule has 0 spiro atoms. The van der Waals surface area contributed by atoms with Gasteiger partial charge in [-0.15, -0.1) is 11.3 Å². The number of aryl methyl sites for hydroxylation is 2. The van der Waals surface area contributed by atoms with Gasteiger partial charge in [-0.25, -0.2) is 0 Å². The third-order valence-corrected chi connectivity index (χ3v) is 5.78. The van der Waals surface area contributed by atoms with Crippen molar-refractivity contribution in [3.05, 3.63) is 80.8 Å². The number of carbonyl (C=O) groups excluding carboxylic acids is 3. The Bertz CT molecular complexity index is 1070. The lowest BCUT2D eigenvalue weighted by Gasteiger charge is -2.10. The van der Waals surface area contributed by atoms with E-state index in [4.69, 9.17) is 4.74 Å². The predicted molar refractivity (Wildman–Crippen MR) is 116 cm³/mol. The Labute approximate surface area is 179 Å². The van der Waals surface area contributed by atoms with Crippen LogP contribution in [-0.4, -0.2) is 35.4 Å². The summed E-state index contributed by atoms with van der Waals surface area (Å²) in [6.07, 6.45) is 0. The molecule has 6 nitrogen and oxygen atoms in total. The Morgan fingerprint density at radius 1 is 1.03 bits per heavy atom. The molecule has 0 aliphatic rings. The summed E-state index contributed by atoms with van der Waals surface area (Å²) in [5, 5.41) is 2.51. The van der Waals surface area contributed by atoms with Crippen LogP contribution in [0.1, 0.15) is 41.9 Å². The van der Waals surface area contributed by atoms with Gasteiger partial charge in [0.15, 0.2) is 6.61 Å². The Kier molecular flexibility index (Phi) is 6.84. The minimum atomic E-state index is -0.650. The van der Waals surface area contributed by atoms with Crippen LogP contribution in [0.15, 0.2) is 48.5 Å². The number of nitrogens with zero attached hydrogens (tertiary/aromatic N) is 1. The number of hydrogen-bond donors (Lipinski definition) is 1. The molecule has 1 amide bonds. The van der Waals surface area contributed by atoms with Crippen molar-refractivity contribution in [3.8, 4) is 0 Å². The van der Waals surface area contributed by atoms with E-state index in [0.29, 0.717) is 17.0 Å². The third-order valence-electron chi connectivity index (χ3n) is 4.78. The summed E-state index contributed by atoms with van der Waals surface area (Å²) in [5.74, 6) is -1.25. The van der Waals surface area contributed by atoms with Gasteiger partial charge in [0, 0.05) is 28.4 Å². The zero-order chi connectivity index (χ0) is 21.7. The molecular weight excluding hydrogens is 400 g/mol. The number of benzene rings is 1. The summed E-state index contributed by atoms with van der Waals surface area (Å²) in [4.78, 5) is 38.0. The van der Waals surface area contributed by atoms with Crippen LogP contribution in [0.4, 0.5) is 0 Å². The lowest BCUT2D eigenvalue weighted by Crippen LogP contribution is -2.31. The Balaban J connectivity index is 1.54. The number of ketones is 1. The maximum atomic E-state index is 12.6. The summed E-state index contributed by atoms with van der Waals surface area (Å²) < 4.78 is 7.13. The van der Waals surface area contributed by atoms with E-state index in [0.717, 1.165) is 21.8 Å². The normalized spacial score (nSPS) is 10.6. The quantitative estimate of drug-likeness (QED) is 0.442. The van der Waals surface area contributed by atoms with Gasteiger partial charge >= 0.3 is 5.97 Å². The molecule has 0 saturated heterocycles. The van der Waals surface area contributed by atoms with Gasteiger partial charge in [-0.1, -0.05) is 30.3 Å². The number of thiophene rings is 1. The van der Waals surface area contributed by atoms with Crippen LogP contribution < -0.4 is 5.32 Å². The average Bonchev–Trinajstić information content (AvgIpc) is 3.29. The fourth-order valence-electron chi connectivity index (χ4n) is 3.16. The highest BCUT2D eigenvalue weighted by Gasteiger charge is 2.18. The van der Waals surface area contributed by atoms with E-state index in [1.165, 1.54) is 11.3 Å². The highest BCUT2D eigenvalue weighted by Crippen LogP contribution is 2.18. The number of carbonyl (C=O) groups is 3. The highest BCUT2D eigenvalue weighted by atomic mass is 32.1. The second-order valence-electron chi connectivity index (χ2n) is 7.03. The lowest BCUT2D eigenvalue weighted by atomic mass is 10.1. The molecule has 156 valence electrons. The number of aromatic nitrogens is 1. The van der Waals surface area contributed by atoms with Crippen molar-refractivity contribution in [3.63, 3.8) is 0 Å². The van der Waals surface area contributed by atoms with Gasteiger partial charge in [0.1, 0.15) is 6.54 Å². The topological polar surface area (TPSA) is 77.4 Å². The molecule has 1 N–H and O–H groups in total. The molecule has 2 heterocycles. The third kappa shape index (κ3) is 5.24. The van der Waals surface area contributed by atoms with E-state index in [-0.39, 0.29) is 24.8 Å². The van der Waals surface area contributed by atoms with Gasteiger partial charge in [0.25, 0.3) is 5.91 Å². The van der Waals surface area contributed by atoms with E-state index >= 15 is 0 Å². The van der Waals surface area contributed by atoms with Crippen molar-refractivity contribution < 1.29 is 19.1 Å². The van der Waals surface area contributed by atoms with Crippen molar-refractivity contribution in [2.24, 2.45) is 0 Å². The first-order chi connectivity index (χ1) is 14.3. The molecular formula is C23H24N2O4S. The molecule has 1 aromatic carbocycles. The smallest absolute Gasteiger partial charge is 0.325 e. The number of ether oxygens (including phenoxy) is 1. The zero-order valence-corrected chi connectivity index (χ0v) is 18.0. The van der Waals surface area contributed by atoms with E-state index < -0.39 is 5.97 Å². The van der Waals surface area contributed by atoms with Gasteiger partial charge in [-0.05, 0) is 44.5 Å². The van der Waals surface area contributed by atoms with Gasteiger partial charge in [0.2, 0.25) is 5.78 Å². The van der Waals surface area contributed by atoms with Crippen LogP contribution in [0, 0.1) is 20.8 Å². The lowest BCUT2D eigenvalue weighted by molar-refractivity contribution is -0.141. The van der Waals surface area contributed by atoms with Crippen molar-refractivity contribution in [1.82, 2.24) is 9.88 Å². The van der Waals surface area contributed by atoms with Crippen LogP contribution in [0.2, 0.25) is 0 Å². The first kappa shape index (κ1) is 21.5. The second kappa shape index (κ2) is 9.54. The van der Waals surface area contributed by atoms with Crippen molar-refractivity contribution in [2.45, 2.75) is 27.3 Å². The molecule has 3 aromatic rings. The number of rotatable bonds is 8. The fourth-order valence-corrected chi connectivity index (χ4v) is 3.95. The summed E-state index contributed by atoms with van der Waals surface area (Å²) in [7, 11) is 0. The molecule has 0 atom stereocenters. The van der Waals surface area contributed by atoms with Crippen LogP contribution in [-0.2, 0) is 16.1 Å². The highest BCUT2D eigenvalue weighted by molar-refractivity contribution is 7.13. The van der Waals surface area contributed by atoms with Crippen LogP contribution in [0.25, 0.3) is 0 Å². The Morgan fingerprint density at radius 2 is 1.77 bits per heavy atom. The van der Waals surface area contributed by atoms with Crippen LogP contribution >= 0.6 is 11.3 Å². The molecule has 3 rings (SSSR count). The van der Waals surface area contributed by atoms with Crippen molar-refractivity contribution >= 4 is 29.0 Å². The largest absolute Gasteiger partial charge is 0.456 e. The Morgan fingerprint density at radius 3 is 2.43 bits per heavy atom. The first-order valence-corrected chi connectivity index (χ1v) is 10.4. The fraction of sp³-hybridized carbons (Fsp3) is 0.261. The maximum Gasteiger partial charge on any atom is 0.325 e. The van der Waals surface area contributed by atoms with E-state index in [9.17, 15) is 14.4 Å². The number of hydrogen-bond acceptors (Lipinski definition) is 5. The van der Waals surface area contributed by atoms with Crippen LogP contribution in [0.5, 0.6) is 0 Å². The SMILES string of the molecule is Cc1ccc(C(=O)NCC(=O)OCC(=O)c2cc(C)n(Cc3ccccc3)c2C)s1. The average molecular weight is 425 g/mol. The van der Waals surface area contributed by atoms with E-state index in [1.54, 1.807) is 6.07 Å². The van der Waals surface area contributed by atoms with Crippen LogP contribution in [0.3, 0.4) is 0 Å². The number of esters is 1. The minimum Gasteiger partial charge on any atom is -0.456 e. The Hall–Kier alpha value is -3.19. The van der Waals surface area contributed by atoms with Gasteiger partial charge < -0.3 is 14.6 Å². The standard InChI is InChI=1S/C23H24N2O4S/c1-15-11-19(17(3)25(15)13-18-7-5-4-6-8-18)20(26)14-29-22(27)12-24-23(28)21-10-9-16(2)30-21/h4-11H,12-14H2,1-3H3,(H,24,28). The summed E-state index contributed by atoms with van der Waals surface area (Å²) >= 11 is 1.35. The monoisotopic (exact) mass is 424 g/mol. The molecule has 30 heavy (non-hydrogen) atoms. The summed E-state index contributed by atoms with van der Waals surface area (Å²) in [6.45, 7) is 5.76. The van der Waals surface area contributed by atoms with Crippen molar-refractivity contribution in [2.75, 3.05) is 13.2 Å². The second-order valence-corrected chi connectivity index (χ2v) is 8.32. The van der Waals surface area contributed by atoms with Gasteiger partial charge in [-0.2, -0.15) is 0 Å². The van der Waals surface area contributed by atoms with Gasteiger partial charge in [0.05, 0.1) is 4.88 Å². The molecule has 0 saturated carbocycles. The number of amides is 1. The first-order valence-electron chi connectivity index (χ1n) is 9.59.